The third kappa shape index (κ3) is 4.85. The molecule has 0 aromatic carbocycles. The number of carbonyl (C=O) groups excluding carboxylic acids is 1. The second-order valence-electron chi connectivity index (χ2n) is 4.45. The highest BCUT2D eigenvalue weighted by atomic mass is 16.1. The van der Waals surface area contributed by atoms with Gasteiger partial charge in [0.15, 0.2) is 0 Å². The number of hydrogen-bond acceptors (Lipinski definition) is 3. The number of nitrogens with one attached hydrogen (secondary N) is 2. The van der Waals surface area contributed by atoms with E-state index in [4.69, 9.17) is 0 Å². The van der Waals surface area contributed by atoms with Gasteiger partial charge in [0, 0.05) is 13.6 Å². The molecular formula is C13H21N3O. The highest BCUT2D eigenvalue weighted by Crippen LogP contribution is 2.04. The molecule has 0 bridgehead atoms. The van der Waals surface area contributed by atoms with Crippen LogP contribution in [0.3, 0.4) is 0 Å². The van der Waals surface area contributed by atoms with E-state index in [9.17, 15) is 4.79 Å². The van der Waals surface area contributed by atoms with E-state index in [1.807, 2.05) is 12.1 Å². The first kappa shape index (κ1) is 13.5. The van der Waals surface area contributed by atoms with E-state index in [0.717, 1.165) is 12.8 Å². The minimum Gasteiger partial charge on any atom is -0.373 e. The standard InChI is InChI=1S/C13H21N3O/c1-10(2)6-5-9-15-13(17)11-7-4-8-12(14-3)16-11/h4,7-8,10H,5-6,9H2,1-3H3,(H,14,16)(H,15,17). The summed E-state index contributed by atoms with van der Waals surface area (Å²) in [5.41, 5.74) is 0.460. The molecule has 1 amide bonds. The van der Waals surface area contributed by atoms with Crippen molar-refractivity contribution < 1.29 is 4.79 Å². The maximum absolute atomic E-state index is 11.8. The van der Waals surface area contributed by atoms with Crippen molar-refractivity contribution in [3.63, 3.8) is 0 Å². The molecule has 0 aliphatic carbocycles. The summed E-state index contributed by atoms with van der Waals surface area (Å²) < 4.78 is 0. The zero-order valence-electron chi connectivity index (χ0n) is 10.8. The molecule has 0 spiro atoms. The predicted molar refractivity (Wildman–Crippen MR) is 70.2 cm³/mol. The summed E-state index contributed by atoms with van der Waals surface area (Å²) in [4.78, 5) is 15.9. The van der Waals surface area contributed by atoms with Crippen LogP contribution in [0.15, 0.2) is 18.2 Å². The van der Waals surface area contributed by atoms with E-state index in [1.165, 1.54) is 0 Å². The molecule has 1 rings (SSSR count). The lowest BCUT2D eigenvalue weighted by molar-refractivity contribution is 0.0947. The third-order valence-corrected chi connectivity index (χ3v) is 2.48. The highest BCUT2D eigenvalue weighted by molar-refractivity contribution is 5.92. The van der Waals surface area contributed by atoms with Crippen LogP contribution in [0.2, 0.25) is 0 Å². The molecule has 4 heteroatoms. The zero-order chi connectivity index (χ0) is 12.7. The lowest BCUT2D eigenvalue weighted by Gasteiger charge is -2.07. The van der Waals surface area contributed by atoms with Crippen LogP contribution in [0.4, 0.5) is 5.82 Å². The van der Waals surface area contributed by atoms with Crippen LogP contribution in [0.5, 0.6) is 0 Å². The van der Waals surface area contributed by atoms with Crippen LogP contribution in [0.25, 0.3) is 0 Å². The van der Waals surface area contributed by atoms with Crippen molar-refractivity contribution in [1.29, 1.82) is 0 Å². The number of rotatable bonds is 6. The average molecular weight is 235 g/mol. The van der Waals surface area contributed by atoms with Crippen LogP contribution in [0.1, 0.15) is 37.2 Å². The highest BCUT2D eigenvalue weighted by Gasteiger charge is 2.06. The minimum absolute atomic E-state index is 0.106. The average Bonchev–Trinajstić information content (AvgIpc) is 2.34. The topological polar surface area (TPSA) is 54.0 Å². The normalized spacial score (nSPS) is 10.4. The first-order chi connectivity index (χ1) is 8.13. The van der Waals surface area contributed by atoms with Gasteiger partial charge in [-0.25, -0.2) is 4.98 Å². The molecule has 1 aromatic heterocycles. The molecule has 0 radical (unpaired) electrons. The molecule has 4 nitrogen and oxygen atoms in total. The van der Waals surface area contributed by atoms with Crippen molar-refractivity contribution in [3.8, 4) is 0 Å². The Morgan fingerprint density at radius 3 is 2.82 bits per heavy atom. The van der Waals surface area contributed by atoms with Crippen LogP contribution in [-0.2, 0) is 0 Å². The summed E-state index contributed by atoms with van der Waals surface area (Å²) in [5, 5.41) is 5.79. The van der Waals surface area contributed by atoms with Gasteiger partial charge < -0.3 is 10.6 Å². The number of nitrogens with zero attached hydrogens (tertiary/aromatic N) is 1. The Hall–Kier alpha value is -1.58. The maximum Gasteiger partial charge on any atom is 0.269 e. The molecule has 0 fully saturated rings. The molecule has 1 aromatic rings. The quantitative estimate of drug-likeness (QED) is 0.744. The monoisotopic (exact) mass is 235 g/mol. The summed E-state index contributed by atoms with van der Waals surface area (Å²) in [6, 6.07) is 5.37. The molecular weight excluding hydrogens is 214 g/mol. The second kappa shape index (κ2) is 6.89. The van der Waals surface area contributed by atoms with E-state index >= 15 is 0 Å². The Bertz CT molecular complexity index is 363. The van der Waals surface area contributed by atoms with E-state index in [0.29, 0.717) is 24.0 Å². The Kier molecular flexibility index (Phi) is 5.46. The number of anilines is 1. The summed E-state index contributed by atoms with van der Waals surface area (Å²) >= 11 is 0. The Morgan fingerprint density at radius 1 is 1.41 bits per heavy atom. The number of hydrogen-bond donors (Lipinski definition) is 2. The number of aromatic nitrogens is 1. The van der Waals surface area contributed by atoms with Crippen LogP contribution in [-0.4, -0.2) is 24.5 Å². The van der Waals surface area contributed by atoms with Crippen molar-refractivity contribution in [2.24, 2.45) is 5.92 Å². The van der Waals surface area contributed by atoms with E-state index in [2.05, 4.69) is 29.5 Å². The van der Waals surface area contributed by atoms with E-state index in [-0.39, 0.29) is 5.91 Å². The summed E-state index contributed by atoms with van der Waals surface area (Å²) in [6.07, 6.45) is 2.14. The molecule has 17 heavy (non-hydrogen) atoms. The molecule has 0 atom stereocenters. The molecule has 0 saturated heterocycles. The molecule has 1 heterocycles. The fourth-order valence-corrected chi connectivity index (χ4v) is 1.50. The van der Waals surface area contributed by atoms with Gasteiger partial charge >= 0.3 is 0 Å². The number of carbonyl (C=O) groups is 1. The molecule has 94 valence electrons. The molecule has 0 aliphatic heterocycles. The van der Waals surface area contributed by atoms with Crippen molar-refractivity contribution in [3.05, 3.63) is 23.9 Å². The largest absolute Gasteiger partial charge is 0.373 e. The summed E-state index contributed by atoms with van der Waals surface area (Å²) in [5.74, 6) is 1.28. The lowest BCUT2D eigenvalue weighted by Crippen LogP contribution is -2.25. The minimum atomic E-state index is -0.106. The summed E-state index contributed by atoms with van der Waals surface area (Å²) in [7, 11) is 1.78. The SMILES string of the molecule is CNc1cccc(C(=O)NCCCC(C)C)n1. The maximum atomic E-state index is 11.8. The van der Waals surface area contributed by atoms with Crippen molar-refractivity contribution in [2.45, 2.75) is 26.7 Å². The van der Waals surface area contributed by atoms with Crippen molar-refractivity contribution >= 4 is 11.7 Å². The first-order valence-electron chi connectivity index (χ1n) is 6.06. The zero-order valence-corrected chi connectivity index (χ0v) is 10.8. The van der Waals surface area contributed by atoms with Gasteiger partial charge in [-0.15, -0.1) is 0 Å². The van der Waals surface area contributed by atoms with Crippen molar-refractivity contribution in [2.75, 3.05) is 18.9 Å². The van der Waals surface area contributed by atoms with Gasteiger partial charge in [0.05, 0.1) is 0 Å². The van der Waals surface area contributed by atoms with Crippen molar-refractivity contribution in [1.82, 2.24) is 10.3 Å². The smallest absolute Gasteiger partial charge is 0.269 e. The first-order valence-corrected chi connectivity index (χ1v) is 6.06. The van der Waals surface area contributed by atoms with Gasteiger partial charge in [-0.3, -0.25) is 4.79 Å². The molecule has 0 saturated carbocycles. The number of amides is 1. The molecule has 0 unspecified atom stereocenters. The van der Waals surface area contributed by atoms with Gasteiger partial charge in [0.1, 0.15) is 11.5 Å². The van der Waals surface area contributed by atoms with E-state index < -0.39 is 0 Å². The molecule has 2 N–H and O–H groups in total. The van der Waals surface area contributed by atoms with Gasteiger partial charge in [0.25, 0.3) is 5.91 Å². The number of pyridine rings is 1. The van der Waals surface area contributed by atoms with Crippen LogP contribution < -0.4 is 10.6 Å². The Labute approximate surface area is 103 Å². The van der Waals surface area contributed by atoms with Crippen LogP contribution >= 0.6 is 0 Å². The van der Waals surface area contributed by atoms with Gasteiger partial charge in [0.2, 0.25) is 0 Å². The summed E-state index contributed by atoms with van der Waals surface area (Å²) in [6.45, 7) is 5.07. The fourth-order valence-electron chi connectivity index (χ4n) is 1.50. The lowest BCUT2D eigenvalue weighted by atomic mass is 10.1. The van der Waals surface area contributed by atoms with Gasteiger partial charge in [-0.1, -0.05) is 19.9 Å². The second-order valence-corrected chi connectivity index (χ2v) is 4.45. The molecule has 0 aliphatic rings. The van der Waals surface area contributed by atoms with Crippen LogP contribution in [0, 0.1) is 5.92 Å². The predicted octanol–water partition coefficient (Wildman–Crippen LogP) is 2.29. The Morgan fingerprint density at radius 2 is 2.18 bits per heavy atom. The Balaban J connectivity index is 2.41. The third-order valence-electron chi connectivity index (χ3n) is 2.48. The van der Waals surface area contributed by atoms with E-state index in [1.54, 1.807) is 13.1 Å². The fraction of sp³-hybridized carbons (Fsp3) is 0.538. The van der Waals surface area contributed by atoms with Gasteiger partial charge in [-0.2, -0.15) is 0 Å². The van der Waals surface area contributed by atoms with Gasteiger partial charge in [-0.05, 0) is 30.9 Å².